The van der Waals surface area contributed by atoms with Crippen molar-refractivity contribution in [3.63, 3.8) is 0 Å². The number of amides is 3. The van der Waals surface area contributed by atoms with Crippen LogP contribution in [0.3, 0.4) is 0 Å². The minimum absolute atomic E-state index is 0.0604. The van der Waals surface area contributed by atoms with Gasteiger partial charge < -0.3 is 16.0 Å². The molecule has 2 unspecified atom stereocenters. The van der Waals surface area contributed by atoms with Gasteiger partial charge in [-0.1, -0.05) is 19.1 Å². The zero-order chi connectivity index (χ0) is 22.8. The maximum absolute atomic E-state index is 13.0. The number of aromatic nitrogens is 1. The van der Waals surface area contributed by atoms with Crippen molar-refractivity contribution in [3.8, 4) is 0 Å². The maximum atomic E-state index is 13.0. The number of anilines is 1. The van der Waals surface area contributed by atoms with E-state index < -0.39 is 33.8 Å². The molecule has 3 rings (SSSR count). The first-order valence-corrected chi connectivity index (χ1v) is 11.1. The Morgan fingerprint density at radius 3 is 2.58 bits per heavy atom. The third-order valence-electron chi connectivity index (χ3n) is 5.12. The molecule has 31 heavy (non-hydrogen) atoms. The number of primary amides is 1. The standard InChI is InChI=1S/C20H23N5O5S/c1-12-5-6-17(13-3-2-4-16(8-13)31(22,29)30)25(11-12)20(28)19(27)24-15-7-14(18(21)26)9-23-10-15/h2-4,7-10,12,17H,5-6,11H2,1H3,(H2,21,26)(H,24,27)(H2,22,29,30). The molecule has 0 radical (unpaired) electrons. The van der Waals surface area contributed by atoms with Gasteiger partial charge in [0.05, 0.1) is 28.4 Å². The molecule has 164 valence electrons. The average Bonchev–Trinajstić information content (AvgIpc) is 2.72. The molecule has 2 aromatic rings. The van der Waals surface area contributed by atoms with Crippen molar-refractivity contribution in [2.75, 3.05) is 11.9 Å². The minimum Gasteiger partial charge on any atom is -0.366 e. The van der Waals surface area contributed by atoms with Gasteiger partial charge in [-0.05, 0) is 42.5 Å². The predicted octanol–water partition coefficient (Wildman–Crippen LogP) is 0.766. The number of nitrogens with two attached hydrogens (primary N) is 2. The lowest BCUT2D eigenvalue weighted by Gasteiger charge is -2.38. The Morgan fingerprint density at radius 1 is 1.16 bits per heavy atom. The van der Waals surface area contributed by atoms with Crippen LogP contribution in [0.4, 0.5) is 5.69 Å². The Labute approximate surface area is 179 Å². The van der Waals surface area contributed by atoms with Crippen LogP contribution in [0.1, 0.15) is 41.7 Å². The highest BCUT2D eigenvalue weighted by Crippen LogP contribution is 2.34. The molecule has 1 saturated heterocycles. The van der Waals surface area contributed by atoms with Gasteiger partial charge in [-0.25, -0.2) is 13.6 Å². The van der Waals surface area contributed by atoms with Gasteiger partial charge in [0, 0.05) is 12.7 Å². The second kappa shape index (κ2) is 8.82. The second-order valence-electron chi connectivity index (χ2n) is 7.55. The molecule has 0 bridgehead atoms. The molecule has 1 aliphatic heterocycles. The van der Waals surface area contributed by atoms with Crippen molar-refractivity contribution >= 4 is 33.4 Å². The zero-order valence-corrected chi connectivity index (χ0v) is 17.6. The van der Waals surface area contributed by atoms with Crippen molar-refractivity contribution in [1.82, 2.24) is 9.88 Å². The van der Waals surface area contributed by atoms with Gasteiger partial charge in [0.1, 0.15) is 0 Å². The number of carbonyl (C=O) groups excluding carboxylic acids is 3. The van der Waals surface area contributed by atoms with Crippen LogP contribution in [0.5, 0.6) is 0 Å². The first-order chi connectivity index (χ1) is 14.6. The SMILES string of the molecule is CC1CCC(c2cccc(S(N)(=O)=O)c2)N(C(=O)C(=O)Nc2cncc(C(N)=O)c2)C1. The van der Waals surface area contributed by atoms with Crippen LogP contribution >= 0.6 is 0 Å². The third kappa shape index (κ3) is 5.25. The highest BCUT2D eigenvalue weighted by Gasteiger charge is 2.34. The molecule has 0 saturated carbocycles. The Balaban J connectivity index is 1.85. The van der Waals surface area contributed by atoms with E-state index in [0.29, 0.717) is 18.5 Å². The van der Waals surface area contributed by atoms with Gasteiger partial charge in [0.15, 0.2) is 0 Å². The lowest BCUT2D eigenvalue weighted by atomic mass is 9.90. The number of hydrogen-bond donors (Lipinski definition) is 3. The second-order valence-corrected chi connectivity index (χ2v) is 9.12. The normalized spacial score (nSPS) is 19.0. The number of hydrogen-bond acceptors (Lipinski definition) is 6. The molecule has 3 amide bonds. The summed E-state index contributed by atoms with van der Waals surface area (Å²) in [6.45, 7) is 2.30. The Morgan fingerprint density at radius 2 is 1.90 bits per heavy atom. The molecule has 5 N–H and O–H groups in total. The Bertz CT molecular complexity index is 1130. The summed E-state index contributed by atoms with van der Waals surface area (Å²) in [5.74, 6) is -2.23. The largest absolute Gasteiger partial charge is 0.366 e. The van der Waals surface area contributed by atoms with Crippen LogP contribution in [0, 0.1) is 5.92 Å². The Hall–Kier alpha value is -3.31. The minimum atomic E-state index is -3.91. The number of pyridine rings is 1. The molecule has 1 fully saturated rings. The van der Waals surface area contributed by atoms with Crippen LogP contribution in [0.25, 0.3) is 0 Å². The van der Waals surface area contributed by atoms with Crippen LogP contribution < -0.4 is 16.2 Å². The van der Waals surface area contributed by atoms with Gasteiger partial charge in [-0.2, -0.15) is 0 Å². The zero-order valence-electron chi connectivity index (χ0n) is 16.8. The summed E-state index contributed by atoms with van der Waals surface area (Å²) in [4.78, 5) is 42.1. The summed E-state index contributed by atoms with van der Waals surface area (Å²) in [6, 6.07) is 6.90. The smallest absolute Gasteiger partial charge is 0.313 e. The van der Waals surface area contributed by atoms with Crippen molar-refractivity contribution in [2.45, 2.75) is 30.7 Å². The molecule has 1 aromatic carbocycles. The summed E-state index contributed by atoms with van der Waals surface area (Å²) in [5.41, 5.74) is 6.04. The number of benzene rings is 1. The molecule has 0 spiro atoms. The molecular formula is C20H23N5O5S. The van der Waals surface area contributed by atoms with E-state index in [1.807, 2.05) is 6.92 Å². The van der Waals surface area contributed by atoms with Crippen LogP contribution in [0.2, 0.25) is 0 Å². The highest BCUT2D eigenvalue weighted by molar-refractivity contribution is 7.89. The first-order valence-electron chi connectivity index (χ1n) is 9.56. The lowest BCUT2D eigenvalue weighted by Crippen LogP contribution is -2.46. The van der Waals surface area contributed by atoms with E-state index in [2.05, 4.69) is 10.3 Å². The van der Waals surface area contributed by atoms with E-state index in [9.17, 15) is 22.8 Å². The van der Waals surface area contributed by atoms with Gasteiger partial charge in [0.2, 0.25) is 15.9 Å². The van der Waals surface area contributed by atoms with Crippen LogP contribution in [-0.2, 0) is 19.6 Å². The fourth-order valence-corrected chi connectivity index (χ4v) is 4.15. The van der Waals surface area contributed by atoms with Gasteiger partial charge >= 0.3 is 11.8 Å². The molecule has 10 nitrogen and oxygen atoms in total. The number of nitrogens with one attached hydrogen (secondary N) is 1. The number of piperidine rings is 1. The van der Waals surface area contributed by atoms with E-state index in [4.69, 9.17) is 10.9 Å². The monoisotopic (exact) mass is 445 g/mol. The van der Waals surface area contributed by atoms with Gasteiger partial charge in [-0.3, -0.25) is 19.4 Å². The number of carbonyl (C=O) groups is 3. The molecule has 2 heterocycles. The fourth-order valence-electron chi connectivity index (χ4n) is 3.58. The van der Waals surface area contributed by atoms with Crippen LogP contribution in [0.15, 0.2) is 47.6 Å². The van der Waals surface area contributed by atoms with Gasteiger partial charge in [0.25, 0.3) is 0 Å². The lowest BCUT2D eigenvalue weighted by molar-refractivity contribution is -0.146. The molecular weight excluding hydrogens is 422 g/mol. The fraction of sp³-hybridized carbons (Fsp3) is 0.300. The van der Waals surface area contributed by atoms with Crippen LogP contribution in [-0.4, -0.2) is 42.6 Å². The Kier molecular flexibility index (Phi) is 6.37. The molecule has 0 aliphatic carbocycles. The summed E-state index contributed by atoms with van der Waals surface area (Å²) in [6.07, 6.45) is 3.91. The molecule has 1 aliphatic rings. The van der Waals surface area contributed by atoms with Gasteiger partial charge in [-0.15, -0.1) is 0 Å². The number of primary sulfonamides is 1. The van der Waals surface area contributed by atoms with Crippen molar-refractivity contribution < 1.29 is 22.8 Å². The molecule has 1 aromatic heterocycles. The third-order valence-corrected chi connectivity index (χ3v) is 6.04. The van der Waals surface area contributed by atoms with Crippen molar-refractivity contribution in [3.05, 3.63) is 53.9 Å². The predicted molar refractivity (Wildman–Crippen MR) is 112 cm³/mol. The van der Waals surface area contributed by atoms with E-state index in [1.54, 1.807) is 12.1 Å². The van der Waals surface area contributed by atoms with E-state index in [-0.39, 0.29) is 22.1 Å². The summed E-state index contributed by atoms with van der Waals surface area (Å²) < 4.78 is 23.4. The van der Waals surface area contributed by atoms with E-state index in [0.717, 1.165) is 6.42 Å². The number of likely N-dealkylation sites (tertiary alicyclic amines) is 1. The average molecular weight is 446 g/mol. The quantitative estimate of drug-likeness (QED) is 0.588. The van der Waals surface area contributed by atoms with E-state index in [1.165, 1.54) is 35.5 Å². The summed E-state index contributed by atoms with van der Waals surface area (Å²) in [7, 11) is -3.91. The maximum Gasteiger partial charge on any atom is 0.313 e. The number of rotatable bonds is 4. The van der Waals surface area contributed by atoms with E-state index >= 15 is 0 Å². The molecule has 2 atom stereocenters. The number of nitrogens with zero attached hydrogens (tertiary/aromatic N) is 2. The first kappa shape index (κ1) is 22.4. The summed E-state index contributed by atoms with van der Waals surface area (Å²) in [5, 5.41) is 7.67. The van der Waals surface area contributed by atoms with Crippen molar-refractivity contribution in [2.24, 2.45) is 16.8 Å². The number of sulfonamides is 1. The van der Waals surface area contributed by atoms with Crippen molar-refractivity contribution in [1.29, 1.82) is 0 Å². The summed E-state index contributed by atoms with van der Waals surface area (Å²) >= 11 is 0. The topological polar surface area (TPSA) is 166 Å². The molecule has 11 heteroatoms. The highest BCUT2D eigenvalue weighted by atomic mass is 32.2.